The summed E-state index contributed by atoms with van der Waals surface area (Å²) in [7, 11) is 6.84. The molecular weight excluding hydrogens is 490 g/mol. The zero-order valence-electron chi connectivity index (χ0n) is 22.3. The maximum absolute atomic E-state index is 14.0. The molecule has 0 aromatic heterocycles. The van der Waals surface area contributed by atoms with E-state index in [-0.39, 0.29) is 29.7 Å². The van der Waals surface area contributed by atoms with E-state index in [0.29, 0.717) is 17.7 Å². The van der Waals surface area contributed by atoms with Crippen LogP contribution in [-0.4, -0.2) is 89.4 Å². The van der Waals surface area contributed by atoms with Gasteiger partial charge in [0.2, 0.25) is 5.91 Å². The van der Waals surface area contributed by atoms with E-state index in [9.17, 15) is 34.5 Å². The molecule has 10 nitrogen and oxygen atoms in total. The summed E-state index contributed by atoms with van der Waals surface area (Å²) in [6.45, 7) is 1.97. The molecule has 0 bridgehead atoms. The van der Waals surface area contributed by atoms with E-state index in [1.807, 2.05) is 11.8 Å². The van der Waals surface area contributed by atoms with Crippen molar-refractivity contribution in [3.8, 4) is 17.6 Å². The highest BCUT2D eigenvalue weighted by Gasteiger charge is 2.69. The number of Topliss-reactive ketones (excluding diaryl/α,β-unsaturated/α-hetero) is 3. The molecule has 0 aliphatic heterocycles. The van der Waals surface area contributed by atoms with Gasteiger partial charge in [0.15, 0.2) is 23.0 Å². The number of aliphatic hydroxyl groups excluding tert-OH is 1. The molecule has 2 saturated carbocycles. The minimum absolute atomic E-state index is 0.0347. The number of amides is 1. The van der Waals surface area contributed by atoms with Crippen molar-refractivity contribution in [2.75, 3.05) is 33.1 Å². The second-order valence-corrected chi connectivity index (χ2v) is 11.1. The number of rotatable bonds is 4. The third kappa shape index (κ3) is 3.92. The van der Waals surface area contributed by atoms with Crippen molar-refractivity contribution in [1.29, 1.82) is 0 Å². The number of hydrogen-bond donors (Lipinski definition) is 4. The summed E-state index contributed by atoms with van der Waals surface area (Å²) < 4.78 is 0. The largest absolute Gasteiger partial charge is 0.506 e. The number of benzene rings is 1. The van der Waals surface area contributed by atoms with Gasteiger partial charge in [0.05, 0.1) is 23.1 Å². The zero-order chi connectivity index (χ0) is 28.3. The number of likely N-dealkylation sites (N-methyl/N-ethyl adjacent to an activating group) is 1. The molecule has 10 heteroatoms. The van der Waals surface area contributed by atoms with Gasteiger partial charge in [-0.05, 0) is 50.9 Å². The van der Waals surface area contributed by atoms with E-state index in [4.69, 9.17) is 5.73 Å². The summed E-state index contributed by atoms with van der Waals surface area (Å²) in [5.41, 5.74) is 4.20. The number of aromatic hydroxyl groups is 1. The predicted octanol–water partition coefficient (Wildman–Crippen LogP) is -0.124. The second kappa shape index (κ2) is 9.80. The summed E-state index contributed by atoms with van der Waals surface area (Å²) in [6.07, 6.45) is 0.195. The number of carbonyl (C=O) groups excluding carboxylic acids is 4. The third-order valence-corrected chi connectivity index (χ3v) is 8.35. The van der Waals surface area contributed by atoms with Crippen molar-refractivity contribution >= 4 is 28.9 Å². The van der Waals surface area contributed by atoms with Crippen molar-refractivity contribution in [1.82, 2.24) is 4.90 Å². The Kier molecular flexibility index (Phi) is 7.16. The van der Waals surface area contributed by atoms with Gasteiger partial charge in [0.1, 0.15) is 11.7 Å². The SMILES string of the molecule is CCCC#Cc1cc(N(C)C)c2c(c1O)C(=O)C1C(=O)[C@@]3(O)C(=O)C(C(N)=O)C(O)[C@H](N(C)C)[C@H]3C[C@H]1C2. The number of anilines is 1. The monoisotopic (exact) mass is 525 g/mol. The summed E-state index contributed by atoms with van der Waals surface area (Å²) >= 11 is 0. The van der Waals surface area contributed by atoms with Crippen LogP contribution in [0.3, 0.4) is 0 Å². The lowest BCUT2D eigenvalue weighted by molar-refractivity contribution is -0.190. The van der Waals surface area contributed by atoms with Crippen molar-refractivity contribution in [2.45, 2.75) is 50.4 Å². The Morgan fingerprint density at radius 1 is 1.18 bits per heavy atom. The van der Waals surface area contributed by atoms with Gasteiger partial charge in [-0.1, -0.05) is 18.8 Å². The van der Waals surface area contributed by atoms with Crippen LogP contribution in [0.4, 0.5) is 5.69 Å². The molecule has 0 spiro atoms. The molecule has 1 aromatic rings. The van der Waals surface area contributed by atoms with Crippen LogP contribution < -0.4 is 10.6 Å². The van der Waals surface area contributed by atoms with Gasteiger partial charge in [0, 0.05) is 38.2 Å². The van der Waals surface area contributed by atoms with E-state index in [1.165, 1.54) is 0 Å². The third-order valence-electron chi connectivity index (χ3n) is 8.35. The van der Waals surface area contributed by atoms with Crippen LogP contribution in [0.1, 0.15) is 47.7 Å². The van der Waals surface area contributed by atoms with Crippen LogP contribution >= 0.6 is 0 Å². The molecular formula is C28H35N3O7. The molecule has 7 atom stereocenters. The summed E-state index contributed by atoms with van der Waals surface area (Å²) in [5.74, 6) is -3.34. The molecule has 2 fully saturated rings. The molecule has 4 rings (SSSR count). The first-order chi connectivity index (χ1) is 17.8. The lowest BCUT2D eigenvalue weighted by Crippen LogP contribution is -2.75. The number of primary amides is 1. The fourth-order valence-electron chi connectivity index (χ4n) is 6.65. The fourth-order valence-corrected chi connectivity index (χ4v) is 6.65. The minimum Gasteiger partial charge on any atom is -0.506 e. The molecule has 3 aliphatic rings. The Morgan fingerprint density at radius 2 is 1.84 bits per heavy atom. The summed E-state index contributed by atoms with van der Waals surface area (Å²) in [6, 6.07) is 0.786. The van der Waals surface area contributed by atoms with Gasteiger partial charge in [-0.25, -0.2) is 0 Å². The molecule has 1 aromatic carbocycles. The number of nitrogens with two attached hydrogens (primary N) is 1. The lowest BCUT2D eigenvalue weighted by Gasteiger charge is -2.55. The molecule has 0 saturated heterocycles. The molecule has 38 heavy (non-hydrogen) atoms. The van der Waals surface area contributed by atoms with Crippen molar-refractivity contribution < 1.29 is 34.5 Å². The number of hydrogen-bond acceptors (Lipinski definition) is 9. The van der Waals surface area contributed by atoms with Gasteiger partial charge in [0.25, 0.3) is 0 Å². The van der Waals surface area contributed by atoms with Crippen LogP contribution in [0.25, 0.3) is 0 Å². The highest BCUT2D eigenvalue weighted by molar-refractivity contribution is 6.25. The summed E-state index contributed by atoms with van der Waals surface area (Å²) in [5, 5.41) is 33.8. The number of aliphatic hydroxyl groups is 2. The van der Waals surface area contributed by atoms with Crippen LogP contribution in [0.15, 0.2) is 6.07 Å². The summed E-state index contributed by atoms with van der Waals surface area (Å²) in [4.78, 5) is 56.8. The van der Waals surface area contributed by atoms with E-state index in [0.717, 1.165) is 6.42 Å². The Hall–Kier alpha value is -3.26. The predicted molar refractivity (Wildman–Crippen MR) is 138 cm³/mol. The van der Waals surface area contributed by atoms with Crippen molar-refractivity contribution in [3.63, 3.8) is 0 Å². The van der Waals surface area contributed by atoms with E-state index >= 15 is 0 Å². The topological polar surface area (TPSA) is 161 Å². The van der Waals surface area contributed by atoms with E-state index in [1.54, 1.807) is 39.2 Å². The van der Waals surface area contributed by atoms with Crippen LogP contribution in [-0.2, 0) is 20.8 Å². The highest BCUT2D eigenvalue weighted by atomic mass is 16.3. The standard InChI is InChI=1S/C28H35N3O7/c1-6-7-8-9-13-12-17(30(2)3)15-10-14-11-16-21(31(4)5)24(34)20(27(29)37)26(36)28(16,38)25(35)18(14)23(33)19(15)22(13)32/h12,14,16,18,20-21,24,32,34,38H,6-7,10-11H2,1-5H3,(H2,29,37)/t14-,16-,18?,20?,21-,24?,28-/m1/s1. The Balaban J connectivity index is 1.89. The number of ketones is 3. The average molecular weight is 526 g/mol. The van der Waals surface area contributed by atoms with E-state index < -0.39 is 64.7 Å². The first-order valence-electron chi connectivity index (χ1n) is 12.8. The molecule has 0 radical (unpaired) electrons. The fraction of sp³-hybridized carbons (Fsp3) is 0.571. The maximum Gasteiger partial charge on any atom is 0.230 e. The number of fused-ring (bicyclic) bond motifs is 3. The number of unbranched alkanes of at least 4 members (excludes halogenated alkanes) is 1. The van der Waals surface area contributed by atoms with Crippen LogP contribution in [0.5, 0.6) is 5.75 Å². The quantitative estimate of drug-likeness (QED) is 0.310. The minimum atomic E-state index is -2.68. The Labute approximate surface area is 221 Å². The van der Waals surface area contributed by atoms with Crippen molar-refractivity contribution in [2.24, 2.45) is 29.4 Å². The molecule has 1 amide bonds. The lowest BCUT2D eigenvalue weighted by atomic mass is 9.52. The van der Waals surface area contributed by atoms with Gasteiger partial charge in [-0.2, -0.15) is 0 Å². The number of phenolic OH excluding ortho intramolecular Hbond substituents is 1. The molecule has 3 aliphatic carbocycles. The maximum atomic E-state index is 14.0. The van der Waals surface area contributed by atoms with E-state index in [2.05, 4.69) is 11.8 Å². The molecule has 3 unspecified atom stereocenters. The molecule has 5 N–H and O–H groups in total. The zero-order valence-corrected chi connectivity index (χ0v) is 22.3. The average Bonchev–Trinajstić information content (AvgIpc) is 2.82. The molecule has 0 heterocycles. The number of phenols is 1. The second-order valence-electron chi connectivity index (χ2n) is 11.1. The van der Waals surface area contributed by atoms with Gasteiger partial charge in [-0.15, -0.1) is 0 Å². The van der Waals surface area contributed by atoms with Crippen LogP contribution in [0.2, 0.25) is 0 Å². The number of nitrogens with zero attached hydrogens (tertiary/aromatic N) is 2. The van der Waals surface area contributed by atoms with Crippen molar-refractivity contribution in [3.05, 3.63) is 22.8 Å². The van der Waals surface area contributed by atoms with Gasteiger partial charge in [-0.3, -0.25) is 19.2 Å². The smallest absolute Gasteiger partial charge is 0.230 e. The van der Waals surface area contributed by atoms with Crippen LogP contribution in [0, 0.1) is 35.5 Å². The first kappa shape index (κ1) is 27.8. The Bertz CT molecular complexity index is 1280. The van der Waals surface area contributed by atoms with Gasteiger partial charge < -0.3 is 30.9 Å². The number of carbonyl (C=O) groups is 4. The molecule has 204 valence electrons. The highest BCUT2D eigenvalue weighted by Crippen LogP contribution is 2.52. The van der Waals surface area contributed by atoms with Gasteiger partial charge >= 0.3 is 0 Å². The Morgan fingerprint density at radius 3 is 2.39 bits per heavy atom. The normalized spacial score (nSPS) is 32.2. The first-order valence-corrected chi connectivity index (χ1v) is 12.8.